The van der Waals surface area contributed by atoms with E-state index in [-0.39, 0.29) is 17.7 Å². The molecule has 1 atom stereocenters. The highest BCUT2D eigenvalue weighted by molar-refractivity contribution is 9.11. The lowest BCUT2D eigenvalue weighted by Gasteiger charge is -2.37. The van der Waals surface area contributed by atoms with E-state index < -0.39 is 0 Å². The highest BCUT2D eigenvalue weighted by Gasteiger charge is 2.41. The number of amides is 2. The van der Waals surface area contributed by atoms with Crippen LogP contribution in [0.1, 0.15) is 67.3 Å². The van der Waals surface area contributed by atoms with Crippen LogP contribution >= 0.6 is 31.9 Å². The topological polar surface area (TPSA) is 64.7 Å². The Bertz CT molecular complexity index is 1150. The fourth-order valence-corrected chi connectivity index (χ4v) is 8.04. The number of hydrogen-bond donors (Lipinski definition) is 1. The van der Waals surface area contributed by atoms with Crippen molar-refractivity contribution in [2.75, 3.05) is 26.2 Å². The first-order valence-corrected chi connectivity index (χ1v) is 14.6. The van der Waals surface area contributed by atoms with Gasteiger partial charge >= 0.3 is 0 Å². The molecule has 1 N–H and O–H groups in total. The summed E-state index contributed by atoms with van der Waals surface area (Å²) in [7, 11) is 0. The van der Waals surface area contributed by atoms with Crippen LogP contribution in [0.4, 0.5) is 0 Å². The monoisotopic (exact) mass is 618 g/mol. The third kappa shape index (κ3) is 5.21. The van der Waals surface area contributed by atoms with E-state index in [1.165, 1.54) is 21.4 Å². The SMILES string of the molecule is CC(=O)N1CCC(CC(=O)N2CCC(C3c4c(Br)cc(Br)cc4CCc4ccc[n+](O)c43)CC2)CC1. The van der Waals surface area contributed by atoms with E-state index >= 15 is 0 Å². The molecule has 1 aliphatic carbocycles. The summed E-state index contributed by atoms with van der Waals surface area (Å²) >= 11 is 7.50. The van der Waals surface area contributed by atoms with Crippen molar-refractivity contribution in [2.24, 2.45) is 11.8 Å². The first-order valence-electron chi connectivity index (χ1n) is 13.1. The van der Waals surface area contributed by atoms with Gasteiger partial charge in [-0.2, -0.15) is 0 Å². The molecule has 3 aliphatic rings. The number of carbonyl (C=O) groups is 2. The van der Waals surface area contributed by atoms with Crippen LogP contribution in [-0.4, -0.2) is 53.0 Å². The number of nitrogens with zero attached hydrogens (tertiary/aromatic N) is 3. The maximum Gasteiger partial charge on any atom is 0.245 e. The van der Waals surface area contributed by atoms with Crippen LogP contribution in [0.25, 0.3) is 0 Å². The molecular formula is C28H34Br2N3O3+. The van der Waals surface area contributed by atoms with E-state index in [9.17, 15) is 14.8 Å². The van der Waals surface area contributed by atoms with Crippen LogP contribution in [-0.2, 0) is 22.4 Å². The van der Waals surface area contributed by atoms with Gasteiger partial charge in [0.2, 0.25) is 23.7 Å². The number of carbonyl (C=O) groups excluding carboxylic acids is 2. The number of aromatic nitrogens is 1. The van der Waals surface area contributed by atoms with Gasteiger partial charge in [0.1, 0.15) is 0 Å². The molecule has 0 saturated carbocycles. The minimum Gasteiger partial charge on any atom is -0.343 e. The van der Waals surface area contributed by atoms with Gasteiger partial charge < -0.3 is 9.80 Å². The fourth-order valence-electron chi connectivity index (χ4n) is 6.48. The highest BCUT2D eigenvalue weighted by Crippen LogP contribution is 2.45. The molecule has 5 rings (SSSR count). The summed E-state index contributed by atoms with van der Waals surface area (Å²) in [5.74, 6) is 1.15. The Balaban J connectivity index is 1.32. The Morgan fingerprint density at radius 3 is 2.36 bits per heavy atom. The zero-order valence-electron chi connectivity index (χ0n) is 20.8. The molecule has 1 unspecified atom stereocenters. The van der Waals surface area contributed by atoms with Gasteiger partial charge in [0.15, 0.2) is 0 Å². The molecule has 36 heavy (non-hydrogen) atoms. The van der Waals surface area contributed by atoms with Gasteiger partial charge in [-0.3, -0.25) is 14.8 Å². The van der Waals surface area contributed by atoms with Gasteiger partial charge in [-0.15, -0.1) is 0 Å². The largest absolute Gasteiger partial charge is 0.343 e. The molecule has 2 aliphatic heterocycles. The minimum atomic E-state index is 0.0688. The Morgan fingerprint density at radius 1 is 1.00 bits per heavy atom. The third-order valence-corrected chi connectivity index (χ3v) is 9.55. The van der Waals surface area contributed by atoms with Gasteiger partial charge in [0.25, 0.3) is 0 Å². The highest BCUT2D eigenvalue weighted by atomic mass is 79.9. The van der Waals surface area contributed by atoms with Crippen LogP contribution in [0.3, 0.4) is 0 Å². The molecule has 0 radical (unpaired) electrons. The van der Waals surface area contributed by atoms with Crippen LogP contribution in [0.2, 0.25) is 0 Å². The Morgan fingerprint density at radius 2 is 1.67 bits per heavy atom. The van der Waals surface area contributed by atoms with Crippen LogP contribution in [0.5, 0.6) is 0 Å². The Labute approximate surface area is 229 Å². The number of piperidine rings is 2. The van der Waals surface area contributed by atoms with Crippen LogP contribution < -0.4 is 4.73 Å². The molecule has 0 spiro atoms. The molecule has 2 aromatic rings. The van der Waals surface area contributed by atoms with E-state index in [4.69, 9.17) is 0 Å². The number of likely N-dealkylation sites (tertiary alicyclic amines) is 2. The molecule has 1 aromatic heterocycles. The molecule has 0 bridgehead atoms. The van der Waals surface area contributed by atoms with Gasteiger partial charge in [-0.25, -0.2) is 0 Å². The van der Waals surface area contributed by atoms with Crippen molar-refractivity contribution in [1.82, 2.24) is 9.80 Å². The fraction of sp³-hybridized carbons (Fsp3) is 0.536. The molecule has 1 aromatic carbocycles. The van der Waals surface area contributed by atoms with E-state index in [0.29, 0.717) is 18.3 Å². The maximum atomic E-state index is 13.2. The Kier molecular flexibility index (Phi) is 7.73. The predicted octanol–water partition coefficient (Wildman–Crippen LogP) is 4.85. The van der Waals surface area contributed by atoms with Crippen molar-refractivity contribution in [3.05, 3.63) is 61.8 Å². The lowest BCUT2D eigenvalue weighted by molar-refractivity contribution is -0.910. The lowest BCUT2D eigenvalue weighted by atomic mass is 9.76. The lowest BCUT2D eigenvalue weighted by Crippen LogP contribution is -2.44. The molecule has 192 valence electrons. The van der Waals surface area contributed by atoms with Gasteiger partial charge in [0, 0.05) is 64.8 Å². The number of pyridine rings is 1. The summed E-state index contributed by atoms with van der Waals surface area (Å²) < 4.78 is 3.46. The molecule has 6 nitrogen and oxygen atoms in total. The van der Waals surface area contributed by atoms with Gasteiger partial charge in [-0.05, 0) is 79.7 Å². The number of rotatable bonds is 3. The summed E-state index contributed by atoms with van der Waals surface area (Å²) in [5.41, 5.74) is 4.77. The van der Waals surface area contributed by atoms with Gasteiger partial charge in [-0.1, -0.05) is 31.9 Å². The van der Waals surface area contributed by atoms with Crippen molar-refractivity contribution in [2.45, 2.75) is 57.8 Å². The molecule has 2 amide bonds. The van der Waals surface area contributed by atoms with E-state index in [0.717, 1.165) is 79.3 Å². The van der Waals surface area contributed by atoms with Crippen molar-refractivity contribution < 1.29 is 19.5 Å². The number of fused-ring (bicyclic) bond motifs is 2. The number of benzene rings is 1. The average Bonchev–Trinajstić information content (AvgIpc) is 3.02. The predicted molar refractivity (Wildman–Crippen MR) is 144 cm³/mol. The molecule has 8 heteroatoms. The second-order valence-electron chi connectivity index (χ2n) is 10.6. The van der Waals surface area contributed by atoms with E-state index in [1.54, 1.807) is 13.1 Å². The zero-order chi connectivity index (χ0) is 25.4. The van der Waals surface area contributed by atoms with E-state index in [2.05, 4.69) is 50.1 Å². The molecular weight excluding hydrogens is 586 g/mol. The molecule has 2 saturated heterocycles. The normalized spacial score (nSPS) is 21.0. The van der Waals surface area contributed by atoms with Crippen molar-refractivity contribution in [3.8, 4) is 0 Å². The minimum absolute atomic E-state index is 0.0688. The molecule has 2 fully saturated rings. The summed E-state index contributed by atoms with van der Waals surface area (Å²) in [6.45, 7) is 4.66. The maximum absolute atomic E-state index is 13.2. The second-order valence-corrected chi connectivity index (χ2v) is 12.3. The quantitative estimate of drug-likeness (QED) is 0.395. The summed E-state index contributed by atoms with van der Waals surface area (Å²) in [4.78, 5) is 28.7. The number of hydrogen-bond acceptors (Lipinski definition) is 3. The van der Waals surface area contributed by atoms with Crippen molar-refractivity contribution >= 4 is 43.7 Å². The standard InChI is InChI=1S/C28H34Br2N3O3/c1-18(34)31-11-6-19(7-12-31)15-25(35)32-13-8-20(9-14-32)27-26-22(16-23(29)17-24(26)30)5-4-21-3-2-10-33(36)28(21)27/h2-3,10,16-17,19-20,27,36H,4-9,11-15H2,1H3/q+1. The van der Waals surface area contributed by atoms with Crippen molar-refractivity contribution in [3.63, 3.8) is 0 Å². The summed E-state index contributed by atoms with van der Waals surface area (Å²) in [5, 5.41) is 10.9. The number of halogens is 2. The number of aryl methyl sites for hydroxylation is 2. The summed E-state index contributed by atoms with van der Waals surface area (Å²) in [6, 6.07) is 8.38. The first-order chi connectivity index (χ1) is 17.3. The summed E-state index contributed by atoms with van der Waals surface area (Å²) in [6.07, 6.45) is 7.80. The first kappa shape index (κ1) is 25.7. The van der Waals surface area contributed by atoms with Crippen LogP contribution in [0, 0.1) is 11.8 Å². The smallest absolute Gasteiger partial charge is 0.245 e. The van der Waals surface area contributed by atoms with Crippen molar-refractivity contribution in [1.29, 1.82) is 0 Å². The van der Waals surface area contributed by atoms with E-state index in [1.807, 2.05) is 15.9 Å². The average molecular weight is 620 g/mol. The Hall–Kier alpha value is -1.93. The molecule has 3 heterocycles. The zero-order valence-corrected chi connectivity index (χ0v) is 23.9. The second kappa shape index (κ2) is 10.8. The van der Waals surface area contributed by atoms with Crippen LogP contribution in [0.15, 0.2) is 39.4 Å². The van der Waals surface area contributed by atoms with Gasteiger partial charge in [0.05, 0.1) is 5.92 Å². The third-order valence-electron chi connectivity index (χ3n) is 8.44.